The maximum absolute atomic E-state index is 9.03. The molecule has 0 aliphatic rings. The lowest BCUT2D eigenvalue weighted by Gasteiger charge is -2.09. The molecule has 1 aromatic carbocycles. The van der Waals surface area contributed by atoms with E-state index < -0.39 is 6.10 Å². The standard InChI is InChI=1S/C10H15NO3/c11-5-8-1-3-10(4-2-8)14-7-9(13)6-12/h1-4,9,12-13H,5-7,11H2. The van der Waals surface area contributed by atoms with Gasteiger partial charge >= 0.3 is 0 Å². The largest absolute Gasteiger partial charge is 0.491 e. The van der Waals surface area contributed by atoms with Crippen LogP contribution in [0.3, 0.4) is 0 Å². The van der Waals surface area contributed by atoms with Crippen LogP contribution < -0.4 is 10.5 Å². The van der Waals surface area contributed by atoms with Gasteiger partial charge in [0.05, 0.1) is 6.61 Å². The lowest BCUT2D eigenvalue weighted by Crippen LogP contribution is -2.21. The molecular weight excluding hydrogens is 182 g/mol. The van der Waals surface area contributed by atoms with Crippen LogP contribution in [0.2, 0.25) is 0 Å². The predicted octanol–water partition coefficient (Wildman–Crippen LogP) is -0.123. The van der Waals surface area contributed by atoms with E-state index in [9.17, 15) is 0 Å². The van der Waals surface area contributed by atoms with E-state index >= 15 is 0 Å². The highest BCUT2D eigenvalue weighted by Crippen LogP contribution is 2.11. The van der Waals surface area contributed by atoms with Crippen molar-refractivity contribution in [2.75, 3.05) is 13.2 Å². The van der Waals surface area contributed by atoms with Crippen molar-refractivity contribution in [1.29, 1.82) is 0 Å². The van der Waals surface area contributed by atoms with Gasteiger partial charge in [-0.1, -0.05) is 12.1 Å². The molecule has 0 radical (unpaired) electrons. The Labute approximate surface area is 82.9 Å². The molecule has 0 spiro atoms. The molecule has 4 heteroatoms. The van der Waals surface area contributed by atoms with Crippen LogP contribution >= 0.6 is 0 Å². The van der Waals surface area contributed by atoms with Crippen molar-refractivity contribution in [3.05, 3.63) is 29.8 Å². The van der Waals surface area contributed by atoms with Crippen LogP contribution in [0.4, 0.5) is 0 Å². The molecule has 0 aromatic heterocycles. The fraction of sp³-hybridized carbons (Fsp3) is 0.400. The zero-order valence-electron chi connectivity index (χ0n) is 7.89. The Morgan fingerprint density at radius 2 is 1.93 bits per heavy atom. The molecule has 0 aliphatic heterocycles. The molecule has 0 bridgehead atoms. The number of hydrogen-bond donors (Lipinski definition) is 3. The highest BCUT2D eigenvalue weighted by molar-refractivity contribution is 5.27. The van der Waals surface area contributed by atoms with E-state index in [-0.39, 0.29) is 13.2 Å². The van der Waals surface area contributed by atoms with E-state index in [0.717, 1.165) is 5.56 Å². The molecule has 4 nitrogen and oxygen atoms in total. The quantitative estimate of drug-likeness (QED) is 0.615. The van der Waals surface area contributed by atoms with Gasteiger partial charge in [0.15, 0.2) is 0 Å². The molecule has 1 aromatic rings. The van der Waals surface area contributed by atoms with Crippen LogP contribution in [-0.2, 0) is 6.54 Å². The molecule has 0 saturated heterocycles. The summed E-state index contributed by atoms with van der Waals surface area (Å²) in [5.41, 5.74) is 6.46. The van der Waals surface area contributed by atoms with Gasteiger partial charge in [-0.05, 0) is 17.7 Å². The molecule has 1 unspecified atom stereocenters. The summed E-state index contributed by atoms with van der Waals surface area (Å²) >= 11 is 0. The van der Waals surface area contributed by atoms with Crippen LogP contribution in [0.25, 0.3) is 0 Å². The number of hydrogen-bond acceptors (Lipinski definition) is 4. The van der Waals surface area contributed by atoms with E-state index in [1.165, 1.54) is 0 Å². The first kappa shape index (κ1) is 11.0. The summed E-state index contributed by atoms with van der Waals surface area (Å²) in [6, 6.07) is 7.29. The van der Waals surface area contributed by atoms with Crippen molar-refractivity contribution in [3.63, 3.8) is 0 Å². The number of aliphatic hydroxyl groups is 2. The fourth-order valence-electron chi connectivity index (χ4n) is 0.967. The zero-order valence-corrected chi connectivity index (χ0v) is 7.89. The number of aliphatic hydroxyl groups excluding tert-OH is 2. The fourth-order valence-corrected chi connectivity index (χ4v) is 0.967. The number of rotatable bonds is 5. The SMILES string of the molecule is NCc1ccc(OCC(O)CO)cc1. The van der Waals surface area contributed by atoms with Crippen LogP contribution in [-0.4, -0.2) is 29.5 Å². The summed E-state index contributed by atoms with van der Waals surface area (Å²) in [5, 5.41) is 17.6. The van der Waals surface area contributed by atoms with Crippen LogP contribution in [0.5, 0.6) is 5.75 Å². The summed E-state index contributed by atoms with van der Waals surface area (Å²) in [5.74, 6) is 0.662. The molecule has 14 heavy (non-hydrogen) atoms. The first-order chi connectivity index (χ1) is 6.76. The first-order valence-electron chi connectivity index (χ1n) is 4.47. The predicted molar refractivity (Wildman–Crippen MR) is 52.9 cm³/mol. The third-order valence-electron chi connectivity index (χ3n) is 1.81. The van der Waals surface area contributed by atoms with E-state index in [1.807, 2.05) is 12.1 Å². The zero-order chi connectivity index (χ0) is 10.4. The minimum Gasteiger partial charge on any atom is -0.491 e. The van der Waals surface area contributed by atoms with Gasteiger partial charge in [0.25, 0.3) is 0 Å². The Balaban J connectivity index is 2.43. The molecule has 0 heterocycles. The lowest BCUT2D eigenvalue weighted by molar-refractivity contribution is 0.0536. The highest BCUT2D eigenvalue weighted by atomic mass is 16.5. The van der Waals surface area contributed by atoms with Crippen LogP contribution in [0.15, 0.2) is 24.3 Å². The van der Waals surface area contributed by atoms with Crippen molar-refractivity contribution >= 4 is 0 Å². The Morgan fingerprint density at radius 1 is 1.29 bits per heavy atom. The van der Waals surface area contributed by atoms with Gasteiger partial charge in [0.1, 0.15) is 18.5 Å². The molecule has 4 N–H and O–H groups in total. The average Bonchev–Trinajstić information content (AvgIpc) is 2.26. The monoisotopic (exact) mass is 197 g/mol. The van der Waals surface area contributed by atoms with Gasteiger partial charge in [0.2, 0.25) is 0 Å². The summed E-state index contributed by atoms with van der Waals surface area (Å²) in [6.07, 6.45) is -0.829. The number of nitrogens with two attached hydrogens (primary N) is 1. The van der Waals surface area contributed by atoms with E-state index in [2.05, 4.69) is 0 Å². The average molecular weight is 197 g/mol. The van der Waals surface area contributed by atoms with E-state index in [0.29, 0.717) is 12.3 Å². The molecule has 0 aliphatic carbocycles. The second-order valence-corrected chi connectivity index (χ2v) is 3.00. The maximum Gasteiger partial charge on any atom is 0.119 e. The summed E-state index contributed by atoms with van der Waals surface area (Å²) in [7, 11) is 0. The number of benzene rings is 1. The van der Waals surface area contributed by atoms with Gasteiger partial charge in [-0.25, -0.2) is 0 Å². The maximum atomic E-state index is 9.03. The molecule has 0 fully saturated rings. The topological polar surface area (TPSA) is 75.7 Å². The third-order valence-corrected chi connectivity index (χ3v) is 1.81. The molecule has 1 atom stereocenters. The van der Waals surface area contributed by atoms with Crippen molar-refractivity contribution in [2.24, 2.45) is 5.73 Å². The second-order valence-electron chi connectivity index (χ2n) is 3.00. The minimum absolute atomic E-state index is 0.0957. The summed E-state index contributed by atoms with van der Waals surface area (Å²) < 4.78 is 5.21. The molecule has 78 valence electrons. The van der Waals surface area contributed by atoms with Gasteiger partial charge in [0, 0.05) is 6.54 Å². The molecule has 0 saturated carbocycles. The van der Waals surface area contributed by atoms with Crippen molar-refractivity contribution in [3.8, 4) is 5.75 Å². The third kappa shape index (κ3) is 3.33. The summed E-state index contributed by atoms with van der Waals surface area (Å²) in [6.45, 7) is 0.304. The highest BCUT2D eigenvalue weighted by Gasteiger charge is 2.02. The summed E-state index contributed by atoms with van der Waals surface area (Å²) in [4.78, 5) is 0. The first-order valence-corrected chi connectivity index (χ1v) is 4.47. The van der Waals surface area contributed by atoms with Gasteiger partial charge < -0.3 is 20.7 Å². The van der Waals surface area contributed by atoms with Crippen molar-refractivity contribution in [1.82, 2.24) is 0 Å². The Kier molecular flexibility index (Phi) is 4.39. The van der Waals surface area contributed by atoms with E-state index in [4.69, 9.17) is 20.7 Å². The Morgan fingerprint density at radius 3 is 2.43 bits per heavy atom. The second kappa shape index (κ2) is 5.59. The molecule has 1 rings (SSSR count). The van der Waals surface area contributed by atoms with Crippen LogP contribution in [0.1, 0.15) is 5.56 Å². The van der Waals surface area contributed by atoms with E-state index in [1.54, 1.807) is 12.1 Å². The van der Waals surface area contributed by atoms with Crippen molar-refractivity contribution in [2.45, 2.75) is 12.6 Å². The van der Waals surface area contributed by atoms with Gasteiger partial charge in [-0.15, -0.1) is 0 Å². The Bertz CT molecular complexity index is 261. The lowest BCUT2D eigenvalue weighted by atomic mass is 10.2. The number of ether oxygens (including phenoxy) is 1. The molecular formula is C10H15NO3. The smallest absolute Gasteiger partial charge is 0.119 e. The Hall–Kier alpha value is -1.10. The minimum atomic E-state index is -0.829. The van der Waals surface area contributed by atoms with Crippen molar-refractivity contribution < 1.29 is 14.9 Å². The van der Waals surface area contributed by atoms with Gasteiger partial charge in [-0.3, -0.25) is 0 Å². The van der Waals surface area contributed by atoms with Gasteiger partial charge in [-0.2, -0.15) is 0 Å². The molecule has 0 amide bonds. The normalized spacial score (nSPS) is 12.5. The van der Waals surface area contributed by atoms with Crippen LogP contribution in [0, 0.1) is 0 Å².